The first-order valence-electron chi connectivity index (χ1n) is 12.6. The minimum atomic E-state index is -0.508. The van der Waals surface area contributed by atoms with Crippen molar-refractivity contribution in [1.82, 2.24) is 4.90 Å². The fourth-order valence-electron chi connectivity index (χ4n) is 4.55. The van der Waals surface area contributed by atoms with E-state index in [1.54, 1.807) is 11.0 Å². The molecule has 0 spiro atoms. The number of amides is 1. The van der Waals surface area contributed by atoms with E-state index in [2.05, 4.69) is 6.92 Å². The topological polar surface area (TPSA) is 69.0 Å². The zero-order chi connectivity index (χ0) is 24.9. The molecule has 0 aliphatic carbocycles. The summed E-state index contributed by atoms with van der Waals surface area (Å²) < 4.78 is 17.6. The van der Waals surface area contributed by atoms with E-state index in [9.17, 15) is 9.59 Å². The van der Waals surface area contributed by atoms with E-state index in [1.807, 2.05) is 57.2 Å². The van der Waals surface area contributed by atoms with Gasteiger partial charge in [0.1, 0.15) is 11.3 Å². The van der Waals surface area contributed by atoms with Crippen LogP contribution in [0.1, 0.15) is 79.7 Å². The first kappa shape index (κ1) is 25.0. The van der Waals surface area contributed by atoms with Crippen molar-refractivity contribution < 1.29 is 18.7 Å². The number of ether oxygens (including phenoxy) is 2. The Morgan fingerprint density at radius 2 is 1.77 bits per heavy atom. The highest BCUT2D eigenvalue weighted by Gasteiger charge is 2.42. The number of nitrogens with zero attached hydrogens (tertiary/aromatic N) is 1. The van der Waals surface area contributed by atoms with Gasteiger partial charge in [-0.25, -0.2) is 0 Å². The van der Waals surface area contributed by atoms with E-state index >= 15 is 0 Å². The van der Waals surface area contributed by atoms with Gasteiger partial charge >= 0.3 is 0 Å². The molecule has 0 N–H and O–H groups in total. The summed E-state index contributed by atoms with van der Waals surface area (Å²) in [5, 5.41) is 0.502. The molecule has 6 nitrogen and oxygen atoms in total. The Bertz CT molecular complexity index is 1230. The van der Waals surface area contributed by atoms with Crippen molar-refractivity contribution in [2.24, 2.45) is 0 Å². The van der Waals surface area contributed by atoms with Crippen molar-refractivity contribution in [3.63, 3.8) is 0 Å². The number of carbonyl (C=O) groups excluding carboxylic acids is 1. The monoisotopic (exact) mass is 477 g/mol. The van der Waals surface area contributed by atoms with Crippen LogP contribution in [0.4, 0.5) is 0 Å². The fraction of sp³-hybridized carbons (Fsp3) is 0.448. The summed E-state index contributed by atoms with van der Waals surface area (Å²) >= 11 is 0. The predicted molar refractivity (Wildman–Crippen MR) is 137 cm³/mol. The van der Waals surface area contributed by atoms with Crippen molar-refractivity contribution in [1.29, 1.82) is 0 Å². The van der Waals surface area contributed by atoms with Crippen LogP contribution in [-0.2, 0) is 4.74 Å². The van der Waals surface area contributed by atoms with Gasteiger partial charge in [-0.1, -0.05) is 43.5 Å². The third-order valence-corrected chi connectivity index (χ3v) is 6.33. The summed E-state index contributed by atoms with van der Waals surface area (Å²) in [5.41, 5.74) is 2.53. The highest BCUT2D eigenvalue weighted by molar-refractivity contribution is 5.99. The SMILES string of the molecule is CCCCCOc1ccc(C2c3c(oc4ccc(C)cc4c3=O)C(=O)N2CCCOC(C)C)cc1. The molecule has 0 fully saturated rings. The Balaban J connectivity index is 1.69. The van der Waals surface area contributed by atoms with Crippen LogP contribution in [0, 0.1) is 6.92 Å². The van der Waals surface area contributed by atoms with Gasteiger partial charge in [-0.3, -0.25) is 9.59 Å². The van der Waals surface area contributed by atoms with Crippen LogP contribution in [0.2, 0.25) is 0 Å². The highest BCUT2D eigenvalue weighted by atomic mass is 16.5. The van der Waals surface area contributed by atoms with Gasteiger partial charge < -0.3 is 18.8 Å². The number of unbranched alkanes of at least 4 members (excludes halogenated alkanes) is 2. The number of rotatable bonds is 11. The molecule has 2 aromatic carbocycles. The molecule has 1 atom stereocenters. The lowest BCUT2D eigenvalue weighted by Crippen LogP contribution is -2.31. The lowest BCUT2D eigenvalue weighted by atomic mass is 9.98. The van der Waals surface area contributed by atoms with E-state index in [4.69, 9.17) is 13.9 Å². The van der Waals surface area contributed by atoms with Crippen LogP contribution in [0.5, 0.6) is 5.75 Å². The van der Waals surface area contributed by atoms with E-state index in [-0.39, 0.29) is 23.2 Å². The molecule has 6 heteroatoms. The zero-order valence-corrected chi connectivity index (χ0v) is 21.1. The van der Waals surface area contributed by atoms with Gasteiger partial charge in [0.05, 0.1) is 29.7 Å². The van der Waals surface area contributed by atoms with Gasteiger partial charge in [-0.15, -0.1) is 0 Å². The van der Waals surface area contributed by atoms with Crippen LogP contribution in [0.25, 0.3) is 11.0 Å². The van der Waals surface area contributed by atoms with Crippen molar-refractivity contribution in [2.75, 3.05) is 19.8 Å². The third-order valence-electron chi connectivity index (χ3n) is 6.33. The quantitative estimate of drug-likeness (QED) is 0.315. The van der Waals surface area contributed by atoms with Gasteiger partial charge in [-0.2, -0.15) is 0 Å². The Morgan fingerprint density at radius 3 is 2.49 bits per heavy atom. The van der Waals surface area contributed by atoms with E-state index in [1.165, 1.54) is 0 Å². The van der Waals surface area contributed by atoms with Crippen molar-refractivity contribution >= 4 is 16.9 Å². The van der Waals surface area contributed by atoms with Gasteiger partial charge in [-0.05, 0) is 63.4 Å². The van der Waals surface area contributed by atoms with Gasteiger partial charge in [0, 0.05) is 13.2 Å². The van der Waals surface area contributed by atoms with Crippen molar-refractivity contribution in [3.05, 3.63) is 75.1 Å². The smallest absolute Gasteiger partial charge is 0.290 e. The molecule has 0 bridgehead atoms. The summed E-state index contributed by atoms with van der Waals surface area (Å²) in [6, 6.07) is 12.7. The average molecular weight is 478 g/mol. The molecule has 1 aliphatic heterocycles. The second kappa shape index (κ2) is 11.1. The van der Waals surface area contributed by atoms with Crippen LogP contribution >= 0.6 is 0 Å². The maximum atomic E-state index is 13.6. The van der Waals surface area contributed by atoms with E-state index < -0.39 is 6.04 Å². The second-order valence-electron chi connectivity index (χ2n) is 9.47. The largest absolute Gasteiger partial charge is 0.494 e. The minimum Gasteiger partial charge on any atom is -0.494 e. The summed E-state index contributed by atoms with van der Waals surface area (Å²) in [7, 11) is 0. The normalized spacial score (nSPS) is 15.3. The molecule has 3 aromatic rings. The average Bonchev–Trinajstić information content (AvgIpc) is 3.12. The molecule has 186 valence electrons. The van der Waals surface area contributed by atoms with Crippen molar-refractivity contribution in [2.45, 2.75) is 65.5 Å². The predicted octanol–water partition coefficient (Wildman–Crippen LogP) is 6.03. The molecule has 0 saturated heterocycles. The third kappa shape index (κ3) is 5.43. The molecule has 2 heterocycles. The standard InChI is InChI=1S/C29H35NO5/c1-5-6-7-16-34-22-12-10-21(11-13-22)26-25-27(31)23-18-20(4)9-14-24(23)35-28(25)29(32)30(26)15-8-17-33-19(2)3/h9-14,18-19,26H,5-8,15-17H2,1-4H3. The Hall–Kier alpha value is -3.12. The number of aryl methyl sites for hydroxylation is 1. The van der Waals surface area contributed by atoms with E-state index in [0.29, 0.717) is 42.7 Å². The number of hydrogen-bond donors (Lipinski definition) is 0. The summed E-state index contributed by atoms with van der Waals surface area (Å²) in [6.45, 7) is 9.76. The highest BCUT2D eigenvalue weighted by Crippen LogP contribution is 2.38. The molecular formula is C29H35NO5. The number of fused-ring (bicyclic) bond motifs is 2. The Kier molecular flexibility index (Phi) is 7.91. The van der Waals surface area contributed by atoms with E-state index in [0.717, 1.165) is 36.1 Å². The summed E-state index contributed by atoms with van der Waals surface area (Å²) in [5.74, 6) is 0.669. The summed E-state index contributed by atoms with van der Waals surface area (Å²) in [6.07, 6.45) is 4.09. The second-order valence-corrected chi connectivity index (χ2v) is 9.47. The maximum absolute atomic E-state index is 13.6. The zero-order valence-electron chi connectivity index (χ0n) is 21.1. The first-order chi connectivity index (χ1) is 16.9. The first-order valence-corrected chi connectivity index (χ1v) is 12.6. The maximum Gasteiger partial charge on any atom is 0.290 e. The molecule has 1 aromatic heterocycles. The van der Waals surface area contributed by atoms with Crippen LogP contribution in [-0.4, -0.2) is 36.7 Å². The summed E-state index contributed by atoms with van der Waals surface area (Å²) in [4.78, 5) is 28.9. The Morgan fingerprint density at radius 1 is 1.00 bits per heavy atom. The molecular weight excluding hydrogens is 442 g/mol. The Labute approximate surface area is 206 Å². The lowest BCUT2D eigenvalue weighted by molar-refractivity contribution is 0.0593. The molecule has 0 saturated carbocycles. The lowest BCUT2D eigenvalue weighted by Gasteiger charge is -2.25. The van der Waals surface area contributed by atoms with Crippen LogP contribution in [0.15, 0.2) is 51.7 Å². The fourth-order valence-corrected chi connectivity index (χ4v) is 4.55. The molecule has 0 radical (unpaired) electrons. The number of carbonyl (C=O) groups is 1. The van der Waals surface area contributed by atoms with Gasteiger partial charge in [0.2, 0.25) is 5.76 Å². The minimum absolute atomic E-state index is 0.124. The van der Waals surface area contributed by atoms with Crippen LogP contribution < -0.4 is 10.2 Å². The van der Waals surface area contributed by atoms with Crippen LogP contribution in [0.3, 0.4) is 0 Å². The molecule has 1 aliphatic rings. The van der Waals surface area contributed by atoms with Gasteiger partial charge in [0.15, 0.2) is 5.43 Å². The van der Waals surface area contributed by atoms with Crippen molar-refractivity contribution in [3.8, 4) is 5.75 Å². The molecule has 35 heavy (non-hydrogen) atoms. The molecule has 1 unspecified atom stereocenters. The molecule has 4 rings (SSSR count). The van der Waals surface area contributed by atoms with Gasteiger partial charge in [0.25, 0.3) is 5.91 Å². The number of hydrogen-bond acceptors (Lipinski definition) is 5. The molecule has 1 amide bonds. The number of benzene rings is 2.